The van der Waals surface area contributed by atoms with Crippen LogP contribution in [0.25, 0.3) is 0 Å². The van der Waals surface area contributed by atoms with E-state index in [2.05, 4.69) is 4.90 Å². The highest BCUT2D eigenvalue weighted by atomic mass is 16.4. The van der Waals surface area contributed by atoms with Crippen LogP contribution < -0.4 is 4.90 Å². The third-order valence-electron chi connectivity index (χ3n) is 2.35. The van der Waals surface area contributed by atoms with E-state index in [4.69, 9.17) is 5.11 Å². The largest absolute Gasteiger partial charge is 0.481 e. The van der Waals surface area contributed by atoms with Crippen molar-refractivity contribution in [2.75, 3.05) is 19.0 Å². The molecule has 0 aliphatic rings. The highest BCUT2D eigenvalue weighted by Crippen LogP contribution is 2.24. The van der Waals surface area contributed by atoms with Crippen LogP contribution in [0.5, 0.6) is 0 Å². The lowest BCUT2D eigenvalue weighted by Gasteiger charge is -2.19. The Balaban J connectivity index is 3.13. The number of rotatable bonds is 3. The average molecular weight is 207 g/mol. The van der Waals surface area contributed by atoms with Gasteiger partial charge < -0.3 is 10.0 Å². The first-order chi connectivity index (χ1) is 6.91. The molecule has 1 aromatic carbocycles. The second-order valence-electron chi connectivity index (χ2n) is 4.04. The highest BCUT2D eigenvalue weighted by Gasteiger charge is 2.08. The van der Waals surface area contributed by atoms with Crippen molar-refractivity contribution in [1.82, 2.24) is 0 Å². The van der Waals surface area contributed by atoms with Crippen molar-refractivity contribution in [3.63, 3.8) is 0 Å². The van der Waals surface area contributed by atoms with E-state index in [0.717, 1.165) is 16.7 Å². The molecule has 1 N–H and O–H groups in total. The summed E-state index contributed by atoms with van der Waals surface area (Å²) in [6, 6.07) is 3.88. The van der Waals surface area contributed by atoms with Crippen LogP contribution in [0.2, 0.25) is 0 Å². The van der Waals surface area contributed by atoms with Crippen LogP contribution in [0.1, 0.15) is 16.7 Å². The SMILES string of the molecule is Cc1cc(CC(=O)O)cc(C)c1N(C)C. The van der Waals surface area contributed by atoms with Crippen molar-refractivity contribution in [2.24, 2.45) is 0 Å². The van der Waals surface area contributed by atoms with Crippen molar-refractivity contribution >= 4 is 11.7 Å². The zero-order valence-corrected chi connectivity index (χ0v) is 9.66. The van der Waals surface area contributed by atoms with Crippen LogP contribution in [0.15, 0.2) is 12.1 Å². The Bertz CT molecular complexity index is 360. The normalized spacial score (nSPS) is 10.1. The number of aryl methyl sites for hydroxylation is 2. The van der Waals surface area contributed by atoms with Gasteiger partial charge in [-0.3, -0.25) is 4.79 Å². The summed E-state index contributed by atoms with van der Waals surface area (Å²) in [5.41, 5.74) is 4.28. The Morgan fingerprint density at radius 2 is 1.73 bits per heavy atom. The van der Waals surface area contributed by atoms with Gasteiger partial charge in [0.25, 0.3) is 0 Å². The zero-order chi connectivity index (χ0) is 11.6. The van der Waals surface area contributed by atoms with Crippen LogP contribution in [0.3, 0.4) is 0 Å². The summed E-state index contributed by atoms with van der Waals surface area (Å²) >= 11 is 0. The molecule has 1 aromatic rings. The van der Waals surface area contributed by atoms with Gasteiger partial charge in [0.15, 0.2) is 0 Å². The molecule has 0 saturated carbocycles. The predicted octanol–water partition coefficient (Wildman–Crippen LogP) is 2.00. The summed E-state index contributed by atoms with van der Waals surface area (Å²) in [7, 11) is 3.98. The molecular weight excluding hydrogens is 190 g/mol. The average Bonchev–Trinajstić information content (AvgIpc) is 1.99. The zero-order valence-electron chi connectivity index (χ0n) is 9.66. The smallest absolute Gasteiger partial charge is 0.307 e. The summed E-state index contributed by atoms with van der Waals surface area (Å²) < 4.78 is 0. The molecule has 82 valence electrons. The minimum Gasteiger partial charge on any atom is -0.481 e. The standard InChI is InChI=1S/C12H17NO2/c1-8-5-10(7-11(14)15)6-9(2)12(8)13(3)4/h5-6H,7H2,1-4H3,(H,14,15). The van der Waals surface area contributed by atoms with E-state index in [1.807, 2.05) is 40.1 Å². The Morgan fingerprint density at radius 3 is 2.07 bits per heavy atom. The maximum atomic E-state index is 10.6. The third kappa shape index (κ3) is 2.72. The van der Waals surface area contributed by atoms with Gasteiger partial charge in [-0.05, 0) is 30.5 Å². The van der Waals surface area contributed by atoms with Crippen molar-refractivity contribution in [3.8, 4) is 0 Å². The van der Waals surface area contributed by atoms with E-state index in [9.17, 15) is 4.79 Å². The molecule has 3 heteroatoms. The molecule has 0 amide bonds. The highest BCUT2D eigenvalue weighted by molar-refractivity contribution is 5.71. The maximum absolute atomic E-state index is 10.6. The number of hydrogen-bond donors (Lipinski definition) is 1. The molecule has 0 unspecified atom stereocenters. The summed E-state index contributed by atoms with van der Waals surface area (Å²) in [6.45, 7) is 4.02. The summed E-state index contributed by atoms with van der Waals surface area (Å²) in [5.74, 6) is -0.786. The Kier molecular flexibility index (Phi) is 3.35. The Labute approximate surface area is 90.3 Å². The van der Waals surface area contributed by atoms with Crippen molar-refractivity contribution in [1.29, 1.82) is 0 Å². The molecule has 0 saturated heterocycles. The lowest BCUT2D eigenvalue weighted by Crippen LogP contribution is -2.12. The van der Waals surface area contributed by atoms with Gasteiger partial charge in [0, 0.05) is 19.8 Å². The van der Waals surface area contributed by atoms with Gasteiger partial charge in [0.2, 0.25) is 0 Å². The molecule has 0 fully saturated rings. The van der Waals surface area contributed by atoms with E-state index >= 15 is 0 Å². The monoisotopic (exact) mass is 207 g/mol. The van der Waals surface area contributed by atoms with Crippen molar-refractivity contribution < 1.29 is 9.90 Å². The van der Waals surface area contributed by atoms with E-state index in [1.54, 1.807) is 0 Å². The van der Waals surface area contributed by atoms with E-state index in [0.29, 0.717) is 0 Å². The number of nitrogens with zero attached hydrogens (tertiary/aromatic N) is 1. The van der Waals surface area contributed by atoms with Crippen LogP contribution in [0.4, 0.5) is 5.69 Å². The van der Waals surface area contributed by atoms with Crippen molar-refractivity contribution in [2.45, 2.75) is 20.3 Å². The molecule has 0 spiro atoms. The second kappa shape index (κ2) is 4.34. The molecule has 0 bridgehead atoms. The van der Waals surface area contributed by atoms with Gasteiger partial charge in [0.05, 0.1) is 6.42 Å². The quantitative estimate of drug-likeness (QED) is 0.824. The number of hydrogen-bond acceptors (Lipinski definition) is 2. The first-order valence-electron chi connectivity index (χ1n) is 4.91. The molecule has 0 aromatic heterocycles. The molecule has 0 atom stereocenters. The van der Waals surface area contributed by atoms with Crippen molar-refractivity contribution in [3.05, 3.63) is 28.8 Å². The number of aliphatic carboxylic acids is 1. The fraction of sp³-hybridized carbons (Fsp3) is 0.417. The molecule has 0 aliphatic carbocycles. The minimum atomic E-state index is -0.786. The lowest BCUT2D eigenvalue weighted by atomic mass is 10.0. The third-order valence-corrected chi connectivity index (χ3v) is 2.35. The second-order valence-corrected chi connectivity index (χ2v) is 4.04. The van der Waals surface area contributed by atoms with Gasteiger partial charge >= 0.3 is 5.97 Å². The van der Waals surface area contributed by atoms with Crippen LogP contribution >= 0.6 is 0 Å². The maximum Gasteiger partial charge on any atom is 0.307 e. The molecule has 15 heavy (non-hydrogen) atoms. The fourth-order valence-electron chi connectivity index (χ4n) is 2.03. The minimum absolute atomic E-state index is 0.0926. The number of carbonyl (C=O) groups is 1. The number of carboxylic acids is 1. The molecular formula is C12H17NO2. The van der Waals surface area contributed by atoms with Crippen LogP contribution in [-0.2, 0) is 11.2 Å². The van der Waals surface area contributed by atoms with E-state index < -0.39 is 5.97 Å². The fourth-order valence-corrected chi connectivity index (χ4v) is 2.03. The molecule has 0 radical (unpaired) electrons. The Morgan fingerprint density at radius 1 is 1.27 bits per heavy atom. The topological polar surface area (TPSA) is 40.5 Å². The molecule has 3 nitrogen and oxygen atoms in total. The van der Waals surface area contributed by atoms with Gasteiger partial charge in [-0.15, -0.1) is 0 Å². The summed E-state index contributed by atoms with van der Waals surface area (Å²) in [6.07, 6.45) is 0.0926. The molecule has 0 heterocycles. The predicted molar refractivity (Wildman–Crippen MR) is 61.6 cm³/mol. The van der Waals surface area contributed by atoms with Crippen LogP contribution in [-0.4, -0.2) is 25.2 Å². The van der Waals surface area contributed by atoms with Crippen LogP contribution in [0, 0.1) is 13.8 Å². The number of benzene rings is 1. The Hall–Kier alpha value is -1.51. The number of carboxylic acid groups (broad SMARTS) is 1. The van der Waals surface area contributed by atoms with Gasteiger partial charge in [-0.25, -0.2) is 0 Å². The molecule has 1 rings (SSSR count). The van der Waals surface area contributed by atoms with Gasteiger partial charge in [-0.2, -0.15) is 0 Å². The summed E-state index contributed by atoms with van der Waals surface area (Å²) in [5, 5.41) is 8.72. The molecule has 0 aliphatic heterocycles. The van der Waals surface area contributed by atoms with E-state index in [-0.39, 0.29) is 6.42 Å². The number of anilines is 1. The first kappa shape index (κ1) is 11.6. The van der Waals surface area contributed by atoms with Gasteiger partial charge in [0.1, 0.15) is 0 Å². The lowest BCUT2D eigenvalue weighted by molar-refractivity contribution is -0.136. The first-order valence-corrected chi connectivity index (χ1v) is 4.91. The van der Waals surface area contributed by atoms with Gasteiger partial charge in [-0.1, -0.05) is 12.1 Å². The van der Waals surface area contributed by atoms with E-state index in [1.165, 1.54) is 5.69 Å². The summed E-state index contributed by atoms with van der Waals surface area (Å²) in [4.78, 5) is 12.7.